The van der Waals surface area contributed by atoms with Crippen molar-refractivity contribution in [3.05, 3.63) is 24.3 Å². The number of nitrogens with two attached hydrogens (primary N) is 1. The van der Waals surface area contributed by atoms with Gasteiger partial charge in [0.1, 0.15) is 6.61 Å². The maximum Gasteiger partial charge on any atom is 0.330 e. The van der Waals surface area contributed by atoms with Crippen LogP contribution in [-0.4, -0.2) is 50.3 Å². The van der Waals surface area contributed by atoms with Crippen LogP contribution in [0.3, 0.4) is 0 Å². The van der Waals surface area contributed by atoms with Crippen molar-refractivity contribution >= 4 is 20.5 Å². The van der Waals surface area contributed by atoms with Crippen molar-refractivity contribution in [2.75, 3.05) is 33.5 Å². The molecule has 9 heteroatoms. The van der Waals surface area contributed by atoms with Crippen LogP contribution in [0.5, 0.6) is 0 Å². The number of hydrogen-bond acceptors (Lipinski definition) is 8. The van der Waals surface area contributed by atoms with E-state index in [0.717, 1.165) is 32.1 Å². The summed E-state index contributed by atoms with van der Waals surface area (Å²) in [6.45, 7) is 5.36. The first-order valence-corrected chi connectivity index (χ1v) is 21.6. The minimum absolute atomic E-state index is 0.0763. The Morgan fingerprint density at radius 3 is 1.28 bits per heavy atom. The molecule has 0 spiro atoms. The number of methoxy groups -OCH3 is 1. The van der Waals surface area contributed by atoms with E-state index in [1.807, 2.05) is 0 Å². The summed E-state index contributed by atoms with van der Waals surface area (Å²) in [5.74, 6) is -0.288. The van der Waals surface area contributed by atoms with E-state index in [0.29, 0.717) is 19.4 Å². The van der Waals surface area contributed by atoms with Crippen molar-refractivity contribution < 1.29 is 33.0 Å². The van der Waals surface area contributed by atoms with Crippen LogP contribution in [0, 0.1) is 0 Å². The molecule has 0 heterocycles. The molecule has 8 nitrogen and oxygen atoms in total. The summed E-state index contributed by atoms with van der Waals surface area (Å²) in [7, 11) is -0.465. The Labute approximate surface area is 310 Å². The zero-order chi connectivity index (χ0) is 37.0. The number of esters is 2. The van der Waals surface area contributed by atoms with Gasteiger partial charge in [0.15, 0.2) is 0 Å². The highest BCUT2D eigenvalue weighted by molar-refractivity contribution is 7.40. The topological polar surface area (TPSA) is 117 Å². The minimum atomic E-state index is -1.92. The van der Waals surface area contributed by atoms with Gasteiger partial charge in [-0.1, -0.05) is 141 Å². The summed E-state index contributed by atoms with van der Waals surface area (Å²) in [6.07, 6.45) is 43.2. The van der Waals surface area contributed by atoms with Crippen molar-refractivity contribution in [1.82, 2.24) is 0 Å². The van der Waals surface area contributed by atoms with Crippen molar-refractivity contribution in [2.45, 2.75) is 194 Å². The lowest BCUT2D eigenvalue weighted by Gasteiger charge is -2.10. The Morgan fingerprint density at radius 1 is 0.520 bits per heavy atom. The fourth-order valence-electron chi connectivity index (χ4n) is 5.29. The third-order valence-electron chi connectivity index (χ3n) is 8.38. The first-order chi connectivity index (χ1) is 24.5. The third kappa shape index (κ3) is 46.7. The lowest BCUT2D eigenvalue weighted by molar-refractivity contribution is -0.144. The molecular formula is C41H80NO7P. The Kier molecular flexibility index (Phi) is 46.4. The van der Waals surface area contributed by atoms with Crippen molar-refractivity contribution in [2.24, 2.45) is 5.73 Å². The molecule has 0 saturated heterocycles. The Hall–Kier alpha value is -1.31. The number of ether oxygens (including phenoxy) is 2. The molecule has 0 aliphatic heterocycles. The maximum absolute atomic E-state index is 11.6. The molecule has 0 fully saturated rings. The van der Waals surface area contributed by atoms with Gasteiger partial charge in [-0.3, -0.25) is 9.59 Å². The molecule has 3 N–H and O–H groups in total. The van der Waals surface area contributed by atoms with Crippen LogP contribution in [-0.2, 0) is 28.1 Å². The molecular weight excluding hydrogens is 649 g/mol. The third-order valence-corrected chi connectivity index (χ3v) is 9.19. The Morgan fingerprint density at radius 2 is 0.880 bits per heavy atom. The van der Waals surface area contributed by atoms with Gasteiger partial charge in [-0.25, -0.2) is 0 Å². The van der Waals surface area contributed by atoms with E-state index in [1.165, 1.54) is 142 Å². The summed E-state index contributed by atoms with van der Waals surface area (Å²) in [4.78, 5) is 31.8. The zero-order valence-electron chi connectivity index (χ0n) is 32.9. The van der Waals surface area contributed by atoms with Crippen molar-refractivity contribution in [3.63, 3.8) is 0 Å². The number of carbonyl (C=O) groups excluding carboxylic acids is 2. The normalized spacial score (nSPS) is 11.9. The zero-order valence-corrected chi connectivity index (χ0v) is 33.8. The van der Waals surface area contributed by atoms with Gasteiger partial charge in [-0.15, -0.1) is 0 Å². The van der Waals surface area contributed by atoms with Gasteiger partial charge < -0.3 is 29.1 Å². The van der Waals surface area contributed by atoms with Crippen molar-refractivity contribution in [3.8, 4) is 0 Å². The van der Waals surface area contributed by atoms with Crippen LogP contribution in [0.2, 0.25) is 0 Å². The molecule has 0 rings (SSSR count). The second-order valence-corrected chi connectivity index (χ2v) is 14.2. The van der Waals surface area contributed by atoms with Crippen LogP contribution in [0.25, 0.3) is 0 Å². The fourth-order valence-corrected chi connectivity index (χ4v) is 5.86. The molecule has 0 saturated carbocycles. The van der Waals surface area contributed by atoms with E-state index in [4.69, 9.17) is 19.5 Å². The largest absolute Gasteiger partial charge is 0.469 e. The molecule has 0 aliphatic carbocycles. The van der Waals surface area contributed by atoms with Gasteiger partial charge in [0, 0.05) is 19.4 Å². The Balaban J connectivity index is 0. The van der Waals surface area contributed by atoms with E-state index in [2.05, 4.69) is 42.9 Å². The highest BCUT2D eigenvalue weighted by Crippen LogP contribution is 2.31. The van der Waals surface area contributed by atoms with Crippen LogP contribution >= 0.6 is 8.60 Å². The molecule has 0 aromatic rings. The summed E-state index contributed by atoms with van der Waals surface area (Å²) >= 11 is 0. The van der Waals surface area contributed by atoms with Gasteiger partial charge in [0.2, 0.25) is 0 Å². The van der Waals surface area contributed by atoms with Gasteiger partial charge in [-0.2, -0.15) is 0 Å². The van der Waals surface area contributed by atoms with Crippen LogP contribution < -0.4 is 5.73 Å². The fraction of sp³-hybridized carbons (Fsp3) is 0.854. The highest BCUT2D eigenvalue weighted by Gasteiger charge is 2.07. The smallest absolute Gasteiger partial charge is 0.330 e. The quantitative estimate of drug-likeness (QED) is 0.0281. The molecule has 0 bridgehead atoms. The van der Waals surface area contributed by atoms with Gasteiger partial charge in [-0.05, 0) is 64.2 Å². The predicted octanol–water partition coefficient (Wildman–Crippen LogP) is 12.0. The standard InChI is InChI=1S/C22H44NO5P.C19H36O2/c1-2-3-4-5-6-7-8-9-10-11-12-13-14-15-16-17-22(24)26-20-21-28-29(25)27-19-18-23;1-3-4-5-6-7-8-9-10-11-12-13-14-15-16-17-18-19(20)21-2/h9-10,25H,2-8,11-21,23H2,1H3;10-11H,3-9,12-18H2,1-2H3/b10-9-;11-10-. The SMILES string of the molecule is CCCCCCCC/C=C\CCCCCCCC(=O)OC.CCCCCCCC/C=C\CCCCCCCC(=O)OCCOP(O)OCCN. The van der Waals surface area contributed by atoms with E-state index in [-0.39, 0.29) is 31.8 Å². The van der Waals surface area contributed by atoms with Crippen LogP contribution in [0.15, 0.2) is 24.3 Å². The van der Waals surface area contributed by atoms with E-state index < -0.39 is 8.60 Å². The van der Waals surface area contributed by atoms with Gasteiger partial charge >= 0.3 is 20.5 Å². The summed E-state index contributed by atoms with van der Waals surface area (Å²) < 4.78 is 19.6. The molecule has 0 radical (unpaired) electrons. The number of carbonyl (C=O) groups is 2. The van der Waals surface area contributed by atoms with Crippen LogP contribution in [0.1, 0.15) is 194 Å². The summed E-state index contributed by atoms with van der Waals surface area (Å²) in [5, 5.41) is 0. The summed E-state index contributed by atoms with van der Waals surface area (Å²) in [6, 6.07) is 0. The van der Waals surface area contributed by atoms with Crippen molar-refractivity contribution in [1.29, 1.82) is 0 Å². The highest BCUT2D eigenvalue weighted by atomic mass is 31.2. The number of hydrogen-bond donors (Lipinski definition) is 2. The molecule has 296 valence electrons. The van der Waals surface area contributed by atoms with E-state index >= 15 is 0 Å². The number of rotatable bonds is 37. The van der Waals surface area contributed by atoms with Crippen LogP contribution in [0.4, 0.5) is 0 Å². The number of allylic oxidation sites excluding steroid dienone is 4. The second kappa shape index (κ2) is 45.7. The maximum atomic E-state index is 11.6. The summed E-state index contributed by atoms with van der Waals surface area (Å²) in [5.41, 5.74) is 5.25. The Bertz CT molecular complexity index is 750. The number of unbranched alkanes of at least 4 members (excludes halogenated alkanes) is 22. The molecule has 0 aromatic carbocycles. The molecule has 50 heavy (non-hydrogen) atoms. The van der Waals surface area contributed by atoms with Gasteiger partial charge in [0.05, 0.1) is 20.3 Å². The molecule has 1 unspecified atom stereocenters. The lowest BCUT2D eigenvalue weighted by atomic mass is 10.1. The second-order valence-electron chi connectivity index (χ2n) is 13.2. The van der Waals surface area contributed by atoms with Gasteiger partial charge in [0.25, 0.3) is 0 Å². The average Bonchev–Trinajstić information content (AvgIpc) is 3.12. The predicted molar refractivity (Wildman–Crippen MR) is 212 cm³/mol. The van der Waals surface area contributed by atoms with E-state index in [9.17, 15) is 14.5 Å². The first-order valence-electron chi connectivity index (χ1n) is 20.5. The van der Waals surface area contributed by atoms with E-state index in [1.54, 1.807) is 0 Å². The first kappa shape index (κ1) is 50.8. The molecule has 0 amide bonds. The monoisotopic (exact) mass is 730 g/mol. The molecule has 1 atom stereocenters. The average molecular weight is 730 g/mol. The minimum Gasteiger partial charge on any atom is -0.469 e. The molecule has 0 aliphatic rings. The molecule has 0 aromatic heterocycles. The lowest BCUT2D eigenvalue weighted by Crippen LogP contribution is -2.10.